The number of carbonyl (C=O) groups is 1. The molecule has 0 aromatic carbocycles. The number of carbonyl (C=O) groups excluding carboxylic acids is 1. The average molecular weight is 437 g/mol. The summed E-state index contributed by atoms with van der Waals surface area (Å²) in [4.78, 5) is 12.8. The Balaban J connectivity index is 1.59. The molecule has 1 aliphatic carbocycles. The molecule has 0 spiro atoms. The molecule has 1 amide bonds. The lowest BCUT2D eigenvalue weighted by molar-refractivity contribution is -0.205. The first-order chi connectivity index (χ1) is 13.3. The fourth-order valence-corrected chi connectivity index (χ4v) is 5.17. The fourth-order valence-electron chi connectivity index (χ4n) is 4.29. The van der Waals surface area contributed by atoms with Crippen LogP contribution >= 0.6 is 23.4 Å². The van der Waals surface area contributed by atoms with Crippen LogP contribution in [0.1, 0.15) is 39.0 Å². The number of nitrogens with one attached hydrogen (secondary N) is 2. The van der Waals surface area contributed by atoms with Crippen molar-refractivity contribution < 1.29 is 24.9 Å². The zero-order valence-corrected chi connectivity index (χ0v) is 18.0. The molecule has 1 unspecified atom stereocenters. The van der Waals surface area contributed by atoms with Crippen LogP contribution in [-0.4, -0.2) is 81.3 Å². The van der Waals surface area contributed by atoms with Crippen LogP contribution in [0.25, 0.3) is 0 Å². The van der Waals surface area contributed by atoms with Crippen molar-refractivity contribution in [1.29, 1.82) is 0 Å². The standard InChI is InChI=1S/C19H33ClN2O5S/c1-9(20)12(17-15(24)14(23)16(25)19(27-17)28-2)22-18(26)13-11(8-21-13)7-6-10-4-3-5-10/h9-17,19,21,23-25H,3-8H2,1-2H3,(H,22,26)/t9-,11-,12+,13-,14-,15+,16+,17?,19+/m0/s1. The Hall–Kier alpha value is -0.0900. The molecule has 7 nitrogen and oxygen atoms in total. The van der Waals surface area contributed by atoms with E-state index < -0.39 is 41.3 Å². The highest BCUT2D eigenvalue weighted by molar-refractivity contribution is 7.99. The molecule has 0 aromatic rings. The van der Waals surface area contributed by atoms with E-state index in [2.05, 4.69) is 10.6 Å². The number of hydrogen-bond donors (Lipinski definition) is 5. The molecule has 0 radical (unpaired) electrons. The number of alkyl halides is 1. The van der Waals surface area contributed by atoms with Crippen molar-refractivity contribution in [3.63, 3.8) is 0 Å². The van der Waals surface area contributed by atoms with E-state index in [0.29, 0.717) is 5.92 Å². The second kappa shape index (κ2) is 9.81. The summed E-state index contributed by atoms with van der Waals surface area (Å²) >= 11 is 7.55. The topological polar surface area (TPSA) is 111 Å². The second-order valence-corrected chi connectivity index (χ2v) is 10.0. The van der Waals surface area contributed by atoms with Gasteiger partial charge in [0, 0.05) is 6.54 Å². The first kappa shape index (κ1) is 22.6. The van der Waals surface area contributed by atoms with Crippen LogP contribution in [0.15, 0.2) is 0 Å². The lowest BCUT2D eigenvalue weighted by Crippen LogP contribution is -2.67. The molecule has 1 saturated carbocycles. The van der Waals surface area contributed by atoms with Crippen molar-refractivity contribution in [2.45, 2.75) is 86.3 Å². The Bertz CT molecular complexity index is 536. The van der Waals surface area contributed by atoms with Gasteiger partial charge in [0.2, 0.25) is 5.91 Å². The summed E-state index contributed by atoms with van der Waals surface area (Å²) in [6.45, 7) is 2.56. The van der Waals surface area contributed by atoms with Crippen LogP contribution in [0.3, 0.4) is 0 Å². The largest absolute Gasteiger partial charge is 0.388 e. The zero-order chi connectivity index (χ0) is 20.4. The summed E-state index contributed by atoms with van der Waals surface area (Å²) in [6.07, 6.45) is 3.11. The van der Waals surface area contributed by atoms with Gasteiger partial charge < -0.3 is 30.7 Å². The minimum atomic E-state index is -1.36. The molecule has 5 N–H and O–H groups in total. The highest BCUT2D eigenvalue weighted by Gasteiger charge is 2.48. The van der Waals surface area contributed by atoms with Gasteiger partial charge in [-0.3, -0.25) is 4.79 Å². The van der Waals surface area contributed by atoms with Crippen LogP contribution in [0.2, 0.25) is 0 Å². The Labute approximate surface area is 175 Å². The third kappa shape index (κ3) is 4.79. The number of halogens is 1. The van der Waals surface area contributed by atoms with Crippen molar-refractivity contribution >= 4 is 29.3 Å². The predicted octanol–water partition coefficient (Wildman–Crippen LogP) is 0.437. The summed E-state index contributed by atoms with van der Waals surface area (Å²) in [5.74, 6) is 0.983. The SMILES string of the molecule is CS[C@H]1OC([C@H](NC(=O)[C@H]2NC[C@@H]2CCC2CCC2)[C@H](C)Cl)[C@H](O)[C@H](O)[C@H]1O. The molecule has 3 fully saturated rings. The van der Waals surface area contributed by atoms with Gasteiger partial charge in [-0.05, 0) is 31.4 Å². The van der Waals surface area contributed by atoms with Crippen molar-refractivity contribution in [3.05, 3.63) is 0 Å². The number of aliphatic hydroxyl groups excluding tert-OH is 3. The summed E-state index contributed by atoms with van der Waals surface area (Å²) < 4.78 is 5.80. The molecule has 2 saturated heterocycles. The molecule has 28 heavy (non-hydrogen) atoms. The van der Waals surface area contributed by atoms with E-state index in [0.717, 1.165) is 18.9 Å². The van der Waals surface area contributed by atoms with Gasteiger partial charge in [-0.15, -0.1) is 23.4 Å². The Morgan fingerprint density at radius 2 is 1.96 bits per heavy atom. The summed E-state index contributed by atoms with van der Waals surface area (Å²) in [6, 6.07) is -0.943. The van der Waals surface area contributed by atoms with Gasteiger partial charge in [0.25, 0.3) is 0 Å². The molecule has 2 aliphatic heterocycles. The molecular weight excluding hydrogens is 404 g/mol. The van der Waals surface area contributed by atoms with Crippen molar-refractivity contribution in [2.75, 3.05) is 12.8 Å². The lowest BCUT2D eigenvalue weighted by atomic mass is 9.77. The first-order valence-corrected chi connectivity index (χ1v) is 12.0. The van der Waals surface area contributed by atoms with E-state index in [-0.39, 0.29) is 11.9 Å². The van der Waals surface area contributed by atoms with Gasteiger partial charge in [-0.2, -0.15) is 0 Å². The molecular formula is C19H33ClN2O5S. The van der Waals surface area contributed by atoms with E-state index in [1.165, 1.54) is 37.4 Å². The quantitative estimate of drug-likeness (QED) is 0.351. The first-order valence-electron chi connectivity index (χ1n) is 10.2. The smallest absolute Gasteiger partial charge is 0.237 e. The predicted molar refractivity (Wildman–Crippen MR) is 109 cm³/mol. The Kier molecular flexibility index (Phi) is 7.92. The summed E-state index contributed by atoms with van der Waals surface area (Å²) in [7, 11) is 0. The maximum absolute atomic E-state index is 12.8. The molecule has 3 rings (SSSR count). The molecule has 9 heteroatoms. The van der Waals surface area contributed by atoms with Crippen LogP contribution < -0.4 is 10.6 Å². The number of thioether (sulfide) groups is 1. The van der Waals surface area contributed by atoms with E-state index in [4.69, 9.17) is 16.3 Å². The Morgan fingerprint density at radius 1 is 1.25 bits per heavy atom. The third-order valence-electron chi connectivity index (χ3n) is 6.52. The van der Waals surface area contributed by atoms with Crippen molar-refractivity contribution in [2.24, 2.45) is 11.8 Å². The maximum atomic E-state index is 12.8. The van der Waals surface area contributed by atoms with Gasteiger partial charge in [-0.25, -0.2) is 0 Å². The minimum absolute atomic E-state index is 0.153. The van der Waals surface area contributed by atoms with E-state index in [1.54, 1.807) is 13.2 Å². The fraction of sp³-hybridized carbons (Fsp3) is 0.947. The maximum Gasteiger partial charge on any atom is 0.237 e. The summed E-state index contributed by atoms with van der Waals surface area (Å²) in [5.41, 5.74) is -0.699. The monoisotopic (exact) mass is 436 g/mol. The lowest BCUT2D eigenvalue weighted by Gasteiger charge is -2.45. The number of aliphatic hydroxyl groups is 3. The number of hydrogen-bond acceptors (Lipinski definition) is 7. The van der Waals surface area contributed by atoms with Crippen LogP contribution in [0.4, 0.5) is 0 Å². The zero-order valence-electron chi connectivity index (χ0n) is 16.5. The minimum Gasteiger partial charge on any atom is -0.388 e. The van der Waals surface area contributed by atoms with Gasteiger partial charge in [0.15, 0.2) is 0 Å². The van der Waals surface area contributed by atoms with E-state index in [1.807, 2.05) is 0 Å². The summed E-state index contributed by atoms with van der Waals surface area (Å²) in [5, 5.41) is 36.2. The molecule has 2 heterocycles. The molecule has 0 aromatic heterocycles. The highest BCUT2D eigenvalue weighted by atomic mass is 35.5. The van der Waals surface area contributed by atoms with Crippen molar-refractivity contribution in [3.8, 4) is 0 Å². The average Bonchev–Trinajstić information content (AvgIpc) is 2.59. The van der Waals surface area contributed by atoms with Gasteiger partial charge in [0.05, 0.1) is 17.5 Å². The normalized spacial score (nSPS) is 40.9. The van der Waals surface area contributed by atoms with Gasteiger partial charge in [-0.1, -0.05) is 25.7 Å². The molecule has 162 valence electrons. The number of amides is 1. The molecule has 3 aliphatic rings. The van der Waals surface area contributed by atoms with E-state index >= 15 is 0 Å². The van der Waals surface area contributed by atoms with Crippen LogP contribution in [0.5, 0.6) is 0 Å². The van der Waals surface area contributed by atoms with Gasteiger partial charge in [0.1, 0.15) is 29.9 Å². The second-order valence-electron chi connectivity index (χ2n) is 8.41. The number of rotatable bonds is 8. The molecule has 0 bridgehead atoms. The highest BCUT2D eigenvalue weighted by Crippen LogP contribution is 2.34. The van der Waals surface area contributed by atoms with Gasteiger partial charge >= 0.3 is 0 Å². The van der Waals surface area contributed by atoms with Crippen LogP contribution in [0, 0.1) is 11.8 Å². The molecule has 9 atom stereocenters. The third-order valence-corrected chi connectivity index (χ3v) is 7.65. The van der Waals surface area contributed by atoms with E-state index in [9.17, 15) is 20.1 Å². The van der Waals surface area contributed by atoms with Crippen molar-refractivity contribution in [1.82, 2.24) is 10.6 Å². The number of ether oxygens (including phenoxy) is 1. The Morgan fingerprint density at radius 3 is 2.46 bits per heavy atom. The van der Waals surface area contributed by atoms with Crippen LogP contribution in [-0.2, 0) is 9.53 Å².